The Morgan fingerprint density at radius 3 is 2.84 bits per heavy atom. The number of aliphatic hydroxyl groups excluding tert-OH is 1. The summed E-state index contributed by atoms with van der Waals surface area (Å²) in [5.41, 5.74) is 5.98. The van der Waals surface area contributed by atoms with Crippen LogP contribution < -0.4 is 5.73 Å². The van der Waals surface area contributed by atoms with Crippen molar-refractivity contribution in [2.24, 2.45) is 17.6 Å². The molecule has 1 aliphatic carbocycles. The molecule has 0 radical (unpaired) electrons. The van der Waals surface area contributed by atoms with Crippen LogP contribution in [-0.4, -0.2) is 30.5 Å². The van der Waals surface area contributed by atoms with Crippen LogP contribution in [0.5, 0.6) is 0 Å². The Bertz CT molecular complexity index is 409. The van der Waals surface area contributed by atoms with E-state index >= 15 is 0 Å². The molecule has 0 aromatic heterocycles. The molecule has 104 valence electrons. The van der Waals surface area contributed by atoms with E-state index in [2.05, 4.69) is 4.74 Å². The van der Waals surface area contributed by atoms with Crippen LogP contribution in [0, 0.1) is 11.8 Å². The fourth-order valence-electron chi connectivity index (χ4n) is 2.13. The molecular formula is C14H19NO4. The summed E-state index contributed by atoms with van der Waals surface area (Å²) >= 11 is 0. The normalized spacial score (nSPS) is 22.8. The molecule has 5 nitrogen and oxygen atoms in total. The van der Waals surface area contributed by atoms with E-state index in [0.29, 0.717) is 19.1 Å². The monoisotopic (exact) mass is 265 g/mol. The summed E-state index contributed by atoms with van der Waals surface area (Å²) in [5, 5.41) is 9.74. The van der Waals surface area contributed by atoms with E-state index in [1.54, 1.807) is 0 Å². The van der Waals surface area contributed by atoms with Crippen molar-refractivity contribution < 1.29 is 19.4 Å². The Morgan fingerprint density at radius 1 is 1.42 bits per heavy atom. The standard InChI is InChI=1S/C14H19NO4/c15-14(17)19-9-13(16)12-6-11(12)8-18-7-10-4-2-1-3-5-10/h1-5,11-13,16H,6-9H2,(H2,15,17)/t11-,12+,13?/m1/s1. The first-order chi connectivity index (χ1) is 9.16. The summed E-state index contributed by atoms with van der Waals surface area (Å²) in [6, 6.07) is 9.95. The molecule has 1 fully saturated rings. The zero-order chi connectivity index (χ0) is 13.7. The molecule has 1 amide bonds. The van der Waals surface area contributed by atoms with Gasteiger partial charge in [-0.2, -0.15) is 0 Å². The summed E-state index contributed by atoms with van der Waals surface area (Å²) in [6.45, 7) is 1.17. The highest BCUT2D eigenvalue weighted by molar-refractivity contribution is 5.64. The van der Waals surface area contributed by atoms with Gasteiger partial charge in [-0.05, 0) is 23.8 Å². The maximum atomic E-state index is 10.4. The van der Waals surface area contributed by atoms with Gasteiger partial charge in [0.25, 0.3) is 0 Å². The maximum Gasteiger partial charge on any atom is 0.404 e. The molecule has 0 aliphatic heterocycles. The van der Waals surface area contributed by atoms with Crippen molar-refractivity contribution in [2.75, 3.05) is 13.2 Å². The van der Waals surface area contributed by atoms with Crippen LogP contribution in [0.15, 0.2) is 30.3 Å². The highest BCUT2D eigenvalue weighted by atomic mass is 16.6. The van der Waals surface area contributed by atoms with E-state index < -0.39 is 12.2 Å². The van der Waals surface area contributed by atoms with Gasteiger partial charge >= 0.3 is 6.09 Å². The number of carbonyl (C=O) groups is 1. The second kappa shape index (κ2) is 6.54. The van der Waals surface area contributed by atoms with Crippen LogP contribution in [0.1, 0.15) is 12.0 Å². The van der Waals surface area contributed by atoms with E-state index in [1.807, 2.05) is 30.3 Å². The molecule has 0 spiro atoms. The minimum Gasteiger partial charge on any atom is -0.447 e. The quantitative estimate of drug-likeness (QED) is 0.778. The van der Waals surface area contributed by atoms with Crippen LogP contribution in [-0.2, 0) is 16.1 Å². The molecule has 1 aromatic rings. The maximum absolute atomic E-state index is 10.4. The first kappa shape index (κ1) is 13.8. The number of hydrogen-bond donors (Lipinski definition) is 2. The fourth-order valence-corrected chi connectivity index (χ4v) is 2.13. The number of rotatable bonds is 7. The van der Waals surface area contributed by atoms with Gasteiger partial charge in [-0.1, -0.05) is 30.3 Å². The van der Waals surface area contributed by atoms with Crippen LogP contribution >= 0.6 is 0 Å². The Hall–Kier alpha value is -1.59. The molecule has 1 unspecified atom stereocenters. The van der Waals surface area contributed by atoms with E-state index in [0.717, 1.165) is 12.0 Å². The highest BCUT2D eigenvalue weighted by Gasteiger charge is 2.42. The highest BCUT2D eigenvalue weighted by Crippen LogP contribution is 2.41. The average Bonchev–Trinajstić information content (AvgIpc) is 3.17. The number of ether oxygens (including phenoxy) is 2. The molecule has 0 heterocycles. The van der Waals surface area contributed by atoms with E-state index in [-0.39, 0.29) is 12.5 Å². The number of aliphatic hydroxyl groups is 1. The van der Waals surface area contributed by atoms with Gasteiger partial charge in [0, 0.05) is 0 Å². The van der Waals surface area contributed by atoms with Crippen molar-refractivity contribution in [3.05, 3.63) is 35.9 Å². The summed E-state index contributed by atoms with van der Waals surface area (Å²) in [5.74, 6) is 0.491. The van der Waals surface area contributed by atoms with Gasteiger partial charge in [0.05, 0.1) is 19.3 Å². The number of nitrogens with two attached hydrogens (primary N) is 1. The molecule has 3 atom stereocenters. The third-order valence-electron chi connectivity index (χ3n) is 3.31. The molecule has 2 rings (SSSR count). The van der Waals surface area contributed by atoms with Gasteiger partial charge in [0.15, 0.2) is 0 Å². The van der Waals surface area contributed by atoms with E-state index in [4.69, 9.17) is 10.5 Å². The fraction of sp³-hybridized carbons (Fsp3) is 0.500. The van der Waals surface area contributed by atoms with Gasteiger partial charge in [0.1, 0.15) is 6.61 Å². The first-order valence-electron chi connectivity index (χ1n) is 6.39. The van der Waals surface area contributed by atoms with Crippen molar-refractivity contribution in [3.63, 3.8) is 0 Å². The van der Waals surface area contributed by atoms with Crippen molar-refractivity contribution in [1.29, 1.82) is 0 Å². The number of carbonyl (C=O) groups excluding carboxylic acids is 1. The summed E-state index contributed by atoms with van der Waals surface area (Å²) in [4.78, 5) is 10.4. The van der Waals surface area contributed by atoms with Gasteiger partial charge in [-0.25, -0.2) is 4.79 Å². The molecule has 1 saturated carbocycles. The minimum absolute atomic E-state index is 0.0326. The number of primary amides is 1. The largest absolute Gasteiger partial charge is 0.447 e. The Labute approximate surface area is 112 Å². The Morgan fingerprint density at radius 2 is 2.16 bits per heavy atom. The number of hydrogen-bond acceptors (Lipinski definition) is 4. The van der Waals surface area contributed by atoms with Gasteiger partial charge in [-0.15, -0.1) is 0 Å². The van der Waals surface area contributed by atoms with Crippen molar-refractivity contribution in [1.82, 2.24) is 0 Å². The minimum atomic E-state index is -0.850. The van der Waals surface area contributed by atoms with Gasteiger partial charge in [-0.3, -0.25) is 0 Å². The summed E-state index contributed by atoms with van der Waals surface area (Å²) in [7, 11) is 0. The molecule has 19 heavy (non-hydrogen) atoms. The lowest BCUT2D eigenvalue weighted by molar-refractivity contribution is 0.0473. The van der Waals surface area contributed by atoms with Crippen LogP contribution in [0.25, 0.3) is 0 Å². The third-order valence-corrected chi connectivity index (χ3v) is 3.31. The van der Waals surface area contributed by atoms with E-state index in [9.17, 15) is 9.90 Å². The van der Waals surface area contributed by atoms with Gasteiger partial charge in [0.2, 0.25) is 0 Å². The molecule has 0 bridgehead atoms. The molecule has 3 N–H and O–H groups in total. The van der Waals surface area contributed by atoms with Gasteiger partial charge < -0.3 is 20.3 Å². The molecule has 1 aliphatic rings. The second-order valence-electron chi connectivity index (χ2n) is 4.86. The van der Waals surface area contributed by atoms with Crippen molar-refractivity contribution >= 4 is 6.09 Å². The Kier molecular flexibility index (Phi) is 4.76. The lowest BCUT2D eigenvalue weighted by Gasteiger charge is -2.10. The smallest absolute Gasteiger partial charge is 0.404 e. The predicted octanol–water partition coefficient (Wildman–Crippen LogP) is 1.30. The lowest BCUT2D eigenvalue weighted by atomic mass is 10.2. The topological polar surface area (TPSA) is 81.8 Å². The third kappa shape index (κ3) is 4.54. The average molecular weight is 265 g/mol. The first-order valence-corrected chi connectivity index (χ1v) is 6.39. The zero-order valence-electron chi connectivity index (χ0n) is 10.7. The molecule has 1 aromatic carbocycles. The molecule has 0 saturated heterocycles. The van der Waals surface area contributed by atoms with Crippen molar-refractivity contribution in [2.45, 2.75) is 19.1 Å². The predicted molar refractivity (Wildman–Crippen MR) is 69.2 cm³/mol. The lowest BCUT2D eigenvalue weighted by Crippen LogP contribution is -2.24. The van der Waals surface area contributed by atoms with Crippen LogP contribution in [0.3, 0.4) is 0 Å². The zero-order valence-corrected chi connectivity index (χ0v) is 10.7. The number of amides is 1. The SMILES string of the molecule is NC(=O)OCC(O)[C@H]1C[C@@H]1COCc1ccccc1. The van der Waals surface area contributed by atoms with Crippen LogP contribution in [0.4, 0.5) is 4.79 Å². The summed E-state index contributed by atoms with van der Waals surface area (Å²) < 4.78 is 10.2. The summed E-state index contributed by atoms with van der Waals surface area (Å²) in [6.07, 6.45) is -0.590. The number of benzene rings is 1. The molecular weight excluding hydrogens is 246 g/mol. The van der Waals surface area contributed by atoms with Crippen molar-refractivity contribution in [3.8, 4) is 0 Å². The van der Waals surface area contributed by atoms with Crippen LogP contribution in [0.2, 0.25) is 0 Å². The Balaban J connectivity index is 1.60. The molecule has 5 heteroatoms. The van der Waals surface area contributed by atoms with E-state index in [1.165, 1.54) is 0 Å². The second-order valence-corrected chi connectivity index (χ2v) is 4.86.